The lowest BCUT2D eigenvalue weighted by Gasteiger charge is -2.23. The Kier molecular flexibility index (Phi) is 7.01. The molecule has 1 saturated heterocycles. The predicted octanol–water partition coefficient (Wildman–Crippen LogP) is 4.73. The maximum atomic E-state index is 13.1. The van der Waals surface area contributed by atoms with Crippen LogP contribution in [0.5, 0.6) is 0 Å². The SMILES string of the molecule is CCc1ccc(C(=O)C(CN2CCCC2)c2ccccc2)cc1.Cl. The van der Waals surface area contributed by atoms with E-state index in [-0.39, 0.29) is 24.1 Å². The number of carbonyl (C=O) groups is 1. The van der Waals surface area contributed by atoms with E-state index in [4.69, 9.17) is 0 Å². The number of Topliss-reactive ketones (excluding diaryl/α,β-unsaturated/α-hetero) is 1. The van der Waals surface area contributed by atoms with Gasteiger partial charge in [0.25, 0.3) is 0 Å². The van der Waals surface area contributed by atoms with E-state index in [1.54, 1.807) is 0 Å². The third kappa shape index (κ3) is 4.46. The quantitative estimate of drug-likeness (QED) is 0.706. The topological polar surface area (TPSA) is 20.3 Å². The number of nitrogens with zero attached hydrogens (tertiary/aromatic N) is 1. The second-order valence-electron chi connectivity index (χ2n) is 6.39. The zero-order chi connectivity index (χ0) is 16.1. The van der Waals surface area contributed by atoms with Gasteiger partial charge in [0.05, 0.1) is 5.92 Å². The van der Waals surface area contributed by atoms with Crippen molar-refractivity contribution in [3.05, 3.63) is 71.3 Å². The molecule has 1 atom stereocenters. The summed E-state index contributed by atoms with van der Waals surface area (Å²) in [6.07, 6.45) is 3.51. The minimum absolute atomic E-state index is 0. The van der Waals surface area contributed by atoms with Crippen LogP contribution >= 0.6 is 12.4 Å². The van der Waals surface area contributed by atoms with Crippen LogP contribution in [0.25, 0.3) is 0 Å². The van der Waals surface area contributed by atoms with E-state index < -0.39 is 0 Å². The van der Waals surface area contributed by atoms with Gasteiger partial charge in [0, 0.05) is 12.1 Å². The summed E-state index contributed by atoms with van der Waals surface area (Å²) in [7, 11) is 0. The Labute approximate surface area is 151 Å². The Bertz CT molecular complexity index is 633. The standard InChI is InChI=1S/C21H25NO.ClH/c1-2-17-10-12-19(13-11-17)21(23)20(16-22-14-6-7-15-22)18-8-4-3-5-9-18;/h3-5,8-13,20H,2,6-7,14-16H2,1H3;1H. The van der Waals surface area contributed by atoms with Crippen LogP contribution in [0.15, 0.2) is 54.6 Å². The van der Waals surface area contributed by atoms with Crippen molar-refractivity contribution in [1.82, 2.24) is 4.90 Å². The van der Waals surface area contributed by atoms with Crippen LogP contribution in [0, 0.1) is 0 Å². The molecule has 0 radical (unpaired) electrons. The molecule has 0 aliphatic carbocycles. The fourth-order valence-electron chi connectivity index (χ4n) is 3.35. The summed E-state index contributed by atoms with van der Waals surface area (Å²) < 4.78 is 0. The van der Waals surface area contributed by atoms with Gasteiger partial charge in [0.1, 0.15) is 0 Å². The van der Waals surface area contributed by atoms with Crippen LogP contribution in [0.4, 0.5) is 0 Å². The van der Waals surface area contributed by atoms with Crippen molar-refractivity contribution in [2.75, 3.05) is 19.6 Å². The van der Waals surface area contributed by atoms with E-state index in [0.29, 0.717) is 0 Å². The average Bonchev–Trinajstić information content (AvgIpc) is 3.13. The molecule has 1 aliphatic heterocycles. The van der Waals surface area contributed by atoms with Crippen LogP contribution in [0.2, 0.25) is 0 Å². The first kappa shape index (κ1) is 18.7. The Morgan fingerprint density at radius 1 is 1.00 bits per heavy atom. The van der Waals surface area contributed by atoms with Gasteiger partial charge in [-0.05, 0) is 43.5 Å². The molecule has 0 spiro atoms. The molecule has 2 aromatic carbocycles. The number of benzene rings is 2. The Morgan fingerprint density at radius 3 is 2.21 bits per heavy atom. The molecule has 0 aromatic heterocycles. The average molecular weight is 344 g/mol. The van der Waals surface area contributed by atoms with E-state index >= 15 is 0 Å². The molecular weight excluding hydrogens is 318 g/mol. The summed E-state index contributed by atoms with van der Waals surface area (Å²) in [5, 5.41) is 0. The fourth-order valence-corrected chi connectivity index (χ4v) is 3.35. The van der Waals surface area contributed by atoms with E-state index in [1.807, 2.05) is 30.3 Å². The van der Waals surface area contributed by atoms with Crippen LogP contribution in [-0.4, -0.2) is 30.3 Å². The van der Waals surface area contributed by atoms with Crippen molar-refractivity contribution in [2.45, 2.75) is 32.1 Å². The molecule has 2 nitrogen and oxygen atoms in total. The van der Waals surface area contributed by atoms with Gasteiger partial charge in [0.15, 0.2) is 5.78 Å². The third-order valence-corrected chi connectivity index (χ3v) is 4.80. The van der Waals surface area contributed by atoms with Gasteiger partial charge < -0.3 is 4.90 Å². The molecule has 2 aromatic rings. The van der Waals surface area contributed by atoms with Gasteiger partial charge in [-0.15, -0.1) is 12.4 Å². The molecule has 128 valence electrons. The van der Waals surface area contributed by atoms with Gasteiger partial charge >= 0.3 is 0 Å². The second-order valence-corrected chi connectivity index (χ2v) is 6.39. The molecular formula is C21H26ClNO. The van der Waals surface area contributed by atoms with E-state index in [0.717, 1.165) is 37.2 Å². The first-order valence-electron chi connectivity index (χ1n) is 8.68. The number of carbonyl (C=O) groups excluding carboxylic acids is 1. The largest absolute Gasteiger partial charge is 0.302 e. The van der Waals surface area contributed by atoms with Crippen molar-refractivity contribution >= 4 is 18.2 Å². The summed E-state index contributed by atoms with van der Waals surface area (Å²) in [5.74, 6) is 0.174. The molecule has 1 heterocycles. The Morgan fingerprint density at radius 2 is 1.62 bits per heavy atom. The van der Waals surface area contributed by atoms with Gasteiger partial charge in [0.2, 0.25) is 0 Å². The summed E-state index contributed by atoms with van der Waals surface area (Å²) in [4.78, 5) is 15.5. The first-order valence-corrected chi connectivity index (χ1v) is 8.68. The summed E-state index contributed by atoms with van der Waals surface area (Å²) in [5.41, 5.74) is 3.23. The van der Waals surface area contributed by atoms with Crippen LogP contribution in [0.3, 0.4) is 0 Å². The molecule has 0 N–H and O–H groups in total. The Hall–Kier alpha value is -1.64. The van der Waals surface area contributed by atoms with E-state index in [2.05, 4.69) is 36.1 Å². The van der Waals surface area contributed by atoms with Crippen molar-refractivity contribution in [3.63, 3.8) is 0 Å². The van der Waals surface area contributed by atoms with E-state index in [1.165, 1.54) is 18.4 Å². The highest BCUT2D eigenvalue weighted by Crippen LogP contribution is 2.24. The molecule has 1 fully saturated rings. The highest BCUT2D eigenvalue weighted by Gasteiger charge is 2.25. The zero-order valence-electron chi connectivity index (χ0n) is 14.3. The van der Waals surface area contributed by atoms with E-state index in [9.17, 15) is 4.79 Å². The monoisotopic (exact) mass is 343 g/mol. The van der Waals surface area contributed by atoms with Gasteiger partial charge in [-0.25, -0.2) is 0 Å². The number of rotatable bonds is 6. The van der Waals surface area contributed by atoms with Crippen molar-refractivity contribution in [1.29, 1.82) is 0 Å². The highest BCUT2D eigenvalue weighted by molar-refractivity contribution is 6.01. The molecule has 1 unspecified atom stereocenters. The number of likely N-dealkylation sites (tertiary alicyclic amines) is 1. The van der Waals surface area contributed by atoms with Crippen LogP contribution in [0.1, 0.15) is 47.2 Å². The highest BCUT2D eigenvalue weighted by atomic mass is 35.5. The minimum atomic E-state index is -0.0678. The number of ketones is 1. The summed E-state index contributed by atoms with van der Waals surface area (Å²) >= 11 is 0. The molecule has 1 aliphatic rings. The molecule has 3 rings (SSSR count). The smallest absolute Gasteiger partial charge is 0.171 e. The number of halogens is 1. The molecule has 0 amide bonds. The fraction of sp³-hybridized carbons (Fsp3) is 0.381. The number of hydrogen-bond acceptors (Lipinski definition) is 2. The maximum Gasteiger partial charge on any atom is 0.171 e. The number of aryl methyl sites for hydroxylation is 1. The number of hydrogen-bond donors (Lipinski definition) is 0. The molecule has 3 heteroatoms. The normalized spacial score (nSPS) is 15.7. The summed E-state index contributed by atoms with van der Waals surface area (Å²) in [6, 6.07) is 18.4. The van der Waals surface area contributed by atoms with Gasteiger partial charge in [-0.2, -0.15) is 0 Å². The lowest BCUT2D eigenvalue weighted by atomic mass is 9.89. The lowest BCUT2D eigenvalue weighted by Crippen LogP contribution is -2.30. The zero-order valence-corrected chi connectivity index (χ0v) is 15.1. The maximum absolute atomic E-state index is 13.1. The van der Waals surface area contributed by atoms with Crippen molar-refractivity contribution in [3.8, 4) is 0 Å². The minimum Gasteiger partial charge on any atom is -0.302 e. The van der Waals surface area contributed by atoms with Crippen molar-refractivity contribution < 1.29 is 4.79 Å². The second kappa shape index (κ2) is 9.00. The van der Waals surface area contributed by atoms with Gasteiger partial charge in [-0.1, -0.05) is 61.5 Å². The Balaban J connectivity index is 0.00000208. The predicted molar refractivity (Wildman–Crippen MR) is 102 cm³/mol. The van der Waals surface area contributed by atoms with Crippen LogP contribution < -0.4 is 0 Å². The molecule has 0 bridgehead atoms. The summed E-state index contributed by atoms with van der Waals surface area (Å²) in [6.45, 7) is 5.20. The first-order chi connectivity index (χ1) is 11.3. The third-order valence-electron chi connectivity index (χ3n) is 4.80. The van der Waals surface area contributed by atoms with Crippen molar-refractivity contribution in [2.24, 2.45) is 0 Å². The molecule has 0 saturated carbocycles. The lowest BCUT2D eigenvalue weighted by molar-refractivity contribution is 0.0939. The van der Waals surface area contributed by atoms with Crippen LogP contribution in [-0.2, 0) is 6.42 Å². The molecule has 24 heavy (non-hydrogen) atoms. The van der Waals surface area contributed by atoms with Gasteiger partial charge in [-0.3, -0.25) is 4.79 Å².